The van der Waals surface area contributed by atoms with Gasteiger partial charge in [-0.1, -0.05) is 13.8 Å². The molecule has 0 atom stereocenters. The van der Waals surface area contributed by atoms with Crippen LogP contribution in [-0.2, 0) is 7.05 Å². The average molecular weight is 302 g/mol. The van der Waals surface area contributed by atoms with Crippen molar-refractivity contribution in [1.82, 2.24) is 9.88 Å². The second kappa shape index (κ2) is 5.93. The van der Waals surface area contributed by atoms with Gasteiger partial charge in [0, 0.05) is 24.5 Å². The van der Waals surface area contributed by atoms with Crippen LogP contribution in [0.3, 0.4) is 0 Å². The van der Waals surface area contributed by atoms with E-state index in [2.05, 4.69) is 5.32 Å². The van der Waals surface area contributed by atoms with Crippen molar-refractivity contribution in [3.05, 3.63) is 46.1 Å². The highest BCUT2D eigenvalue weighted by atomic mass is 16.2. The van der Waals surface area contributed by atoms with Gasteiger partial charge in [0.1, 0.15) is 5.69 Å². The highest BCUT2D eigenvalue weighted by Crippen LogP contribution is 2.32. The molecule has 0 aliphatic heterocycles. The molecule has 0 spiro atoms. The number of ketones is 2. The molecule has 1 aromatic heterocycles. The van der Waals surface area contributed by atoms with Crippen LogP contribution in [0.4, 0.5) is 0 Å². The van der Waals surface area contributed by atoms with Crippen LogP contribution in [0.1, 0.15) is 58.8 Å². The van der Waals surface area contributed by atoms with E-state index >= 15 is 0 Å². The first-order chi connectivity index (χ1) is 10.3. The van der Waals surface area contributed by atoms with E-state index < -0.39 is 0 Å². The number of carbonyl (C=O) groups excluding carboxylic acids is 2. The summed E-state index contributed by atoms with van der Waals surface area (Å²) in [4.78, 5) is 25.2. The van der Waals surface area contributed by atoms with Gasteiger partial charge in [-0.2, -0.15) is 0 Å². The first-order valence-electron chi connectivity index (χ1n) is 7.34. The van der Waals surface area contributed by atoms with Crippen molar-refractivity contribution in [2.75, 3.05) is 6.61 Å². The van der Waals surface area contributed by atoms with Crippen LogP contribution in [0.2, 0.25) is 0 Å². The molecule has 0 aromatic carbocycles. The fraction of sp³-hybridized carbons (Fsp3) is 0.412. The van der Waals surface area contributed by atoms with Gasteiger partial charge >= 0.3 is 0 Å². The molecular formula is C17H22N2O3. The van der Waals surface area contributed by atoms with Crippen molar-refractivity contribution in [2.45, 2.75) is 33.6 Å². The number of carbonyl (C=O) groups is 2. The Morgan fingerprint density at radius 2 is 2.05 bits per heavy atom. The number of aliphatic hydroxyl groups excluding tert-OH is 1. The van der Waals surface area contributed by atoms with Crippen molar-refractivity contribution in [2.24, 2.45) is 7.05 Å². The number of nitrogens with one attached hydrogen (secondary N) is 1. The minimum Gasteiger partial charge on any atom is -0.392 e. The number of rotatable bonds is 4. The maximum Gasteiger partial charge on any atom is 0.211 e. The lowest BCUT2D eigenvalue weighted by molar-refractivity contribution is 0.0975. The third-order valence-corrected chi connectivity index (χ3v) is 3.95. The predicted molar refractivity (Wildman–Crippen MR) is 85.0 cm³/mol. The van der Waals surface area contributed by atoms with Gasteiger partial charge in [0.15, 0.2) is 0 Å². The second-order valence-corrected chi connectivity index (χ2v) is 5.89. The van der Waals surface area contributed by atoms with Crippen molar-refractivity contribution in [3.8, 4) is 0 Å². The zero-order valence-corrected chi connectivity index (χ0v) is 13.7. The lowest BCUT2D eigenvalue weighted by atomic mass is 9.94. The highest BCUT2D eigenvalue weighted by Gasteiger charge is 2.33. The SMILES string of the molecule is C/C(=C\CO)NC1=CC(=O)c2c(c(C)c(C(C)C)n2C)C1=O. The molecule has 5 nitrogen and oxygen atoms in total. The first kappa shape index (κ1) is 16.2. The first-order valence-corrected chi connectivity index (χ1v) is 7.34. The Kier molecular flexibility index (Phi) is 4.37. The summed E-state index contributed by atoms with van der Waals surface area (Å²) in [6.07, 6.45) is 2.88. The maximum atomic E-state index is 12.7. The summed E-state index contributed by atoms with van der Waals surface area (Å²) in [5.74, 6) is -0.129. The van der Waals surface area contributed by atoms with E-state index in [4.69, 9.17) is 5.11 Å². The van der Waals surface area contributed by atoms with Gasteiger partial charge in [-0.25, -0.2) is 0 Å². The molecule has 0 fully saturated rings. The fourth-order valence-corrected chi connectivity index (χ4v) is 3.12. The lowest BCUT2D eigenvalue weighted by Gasteiger charge is -2.16. The van der Waals surface area contributed by atoms with Crippen LogP contribution < -0.4 is 5.32 Å². The molecule has 1 heterocycles. The number of aromatic nitrogens is 1. The molecule has 0 amide bonds. The molecule has 0 bridgehead atoms. The molecule has 2 rings (SSSR count). The highest BCUT2D eigenvalue weighted by molar-refractivity contribution is 6.24. The van der Waals surface area contributed by atoms with Gasteiger partial charge in [-0.3, -0.25) is 9.59 Å². The number of nitrogens with zero attached hydrogens (tertiary/aromatic N) is 1. The summed E-state index contributed by atoms with van der Waals surface area (Å²) in [5.41, 5.74) is 3.70. The topological polar surface area (TPSA) is 71.3 Å². The molecule has 1 aliphatic carbocycles. The fourth-order valence-electron chi connectivity index (χ4n) is 3.12. The molecule has 0 saturated carbocycles. The van der Waals surface area contributed by atoms with Crippen LogP contribution in [0.5, 0.6) is 0 Å². The van der Waals surface area contributed by atoms with Crippen LogP contribution in [-0.4, -0.2) is 27.8 Å². The number of hydrogen-bond acceptors (Lipinski definition) is 4. The van der Waals surface area contributed by atoms with Gasteiger partial charge in [-0.05, 0) is 31.4 Å². The van der Waals surface area contributed by atoms with E-state index in [9.17, 15) is 9.59 Å². The predicted octanol–water partition coefficient (Wildman–Crippen LogP) is 2.21. The molecule has 0 unspecified atom stereocenters. The molecular weight excluding hydrogens is 280 g/mol. The summed E-state index contributed by atoms with van der Waals surface area (Å²) >= 11 is 0. The average Bonchev–Trinajstić information content (AvgIpc) is 2.68. The number of fused-ring (bicyclic) bond motifs is 1. The second-order valence-electron chi connectivity index (χ2n) is 5.89. The van der Waals surface area contributed by atoms with Crippen molar-refractivity contribution in [3.63, 3.8) is 0 Å². The molecule has 5 heteroatoms. The number of aliphatic hydroxyl groups is 1. The van der Waals surface area contributed by atoms with Gasteiger partial charge in [0.05, 0.1) is 17.9 Å². The summed E-state index contributed by atoms with van der Waals surface area (Å²) < 4.78 is 1.83. The summed E-state index contributed by atoms with van der Waals surface area (Å²) in [5, 5.41) is 11.8. The van der Waals surface area contributed by atoms with Crippen LogP contribution in [0.15, 0.2) is 23.5 Å². The quantitative estimate of drug-likeness (QED) is 0.894. The van der Waals surface area contributed by atoms with Gasteiger partial charge in [-0.15, -0.1) is 0 Å². The van der Waals surface area contributed by atoms with E-state index in [1.165, 1.54) is 6.08 Å². The van der Waals surface area contributed by atoms with Crippen LogP contribution >= 0.6 is 0 Å². The Morgan fingerprint density at radius 3 is 2.59 bits per heavy atom. The van der Waals surface area contributed by atoms with E-state index in [-0.39, 0.29) is 29.8 Å². The Hall–Kier alpha value is -2.14. The Morgan fingerprint density at radius 1 is 1.41 bits per heavy atom. The number of hydrogen-bond donors (Lipinski definition) is 2. The third kappa shape index (κ3) is 2.52. The van der Waals surface area contributed by atoms with Gasteiger partial charge in [0.25, 0.3) is 0 Å². The Balaban J connectivity index is 2.53. The largest absolute Gasteiger partial charge is 0.392 e. The van der Waals surface area contributed by atoms with Crippen molar-refractivity contribution in [1.29, 1.82) is 0 Å². The summed E-state index contributed by atoms with van der Waals surface area (Å²) in [7, 11) is 1.83. The third-order valence-electron chi connectivity index (χ3n) is 3.95. The Labute approximate surface area is 130 Å². The van der Waals surface area contributed by atoms with Crippen molar-refractivity contribution < 1.29 is 14.7 Å². The van der Waals surface area contributed by atoms with Gasteiger partial charge < -0.3 is 15.0 Å². The molecule has 2 N–H and O–H groups in total. The lowest BCUT2D eigenvalue weighted by Crippen LogP contribution is -2.26. The maximum absolute atomic E-state index is 12.7. The molecule has 22 heavy (non-hydrogen) atoms. The van der Waals surface area contributed by atoms with E-state index in [0.29, 0.717) is 17.0 Å². The summed E-state index contributed by atoms with van der Waals surface area (Å²) in [6.45, 7) is 7.59. The standard InChI is InChI=1S/C17H22N2O3/c1-9(2)15-11(4)14-16(19(15)5)13(21)8-12(17(14)22)18-10(3)6-7-20/h6,8-9,18,20H,7H2,1-5H3/b10-6+. The van der Waals surface area contributed by atoms with Gasteiger partial charge in [0.2, 0.25) is 11.6 Å². The molecule has 1 aromatic rings. The zero-order valence-electron chi connectivity index (χ0n) is 13.7. The Bertz CT molecular complexity index is 706. The van der Waals surface area contributed by atoms with Crippen molar-refractivity contribution >= 4 is 11.6 Å². The molecule has 118 valence electrons. The zero-order chi connectivity index (χ0) is 16.6. The van der Waals surface area contributed by atoms with Crippen LogP contribution in [0, 0.1) is 6.92 Å². The summed E-state index contributed by atoms with van der Waals surface area (Å²) in [6, 6.07) is 0. The normalized spacial score (nSPS) is 15.2. The minimum absolute atomic E-state index is 0.124. The van der Waals surface area contributed by atoms with E-state index in [1.54, 1.807) is 13.0 Å². The van der Waals surface area contributed by atoms with E-state index in [0.717, 1.165) is 11.3 Å². The van der Waals surface area contributed by atoms with E-state index in [1.807, 2.05) is 32.4 Å². The van der Waals surface area contributed by atoms with Crippen LogP contribution in [0.25, 0.3) is 0 Å². The smallest absolute Gasteiger partial charge is 0.211 e. The molecule has 0 radical (unpaired) electrons. The molecule has 1 aliphatic rings. The number of Topliss-reactive ketones (excluding diaryl/α,β-unsaturated/α-hetero) is 1. The molecule has 0 saturated heterocycles. The monoisotopic (exact) mass is 302 g/mol. The number of allylic oxidation sites excluding steroid dienone is 3. The minimum atomic E-state index is -0.180.